The summed E-state index contributed by atoms with van der Waals surface area (Å²) in [5.41, 5.74) is 2.83. The van der Waals surface area contributed by atoms with E-state index < -0.39 is 5.82 Å². The quantitative estimate of drug-likeness (QED) is 0.379. The minimum atomic E-state index is -0.572. The van der Waals surface area contributed by atoms with Crippen LogP contribution in [-0.2, 0) is 11.3 Å². The number of halogens is 3. The van der Waals surface area contributed by atoms with Gasteiger partial charge in [0, 0.05) is 62.4 Å². The average Bonchev–Trinajstić information content (AvgIpc) is 3.48. The number of fused-ring (bicyclic) bond motifs is 1. The molecule has 2 aromatic carbocycles. The second-order valence-corrected chi connectivity index (χ2v) is 11.7. The SMILES string of the molecule is C=CC(=O)N1CC[C@H](N2C(=O)N(c3ccc(F)c(Cl)c3)Cc3cnc(Nc4ccc(N5CCN(C)CC5)c(Cl)c4)nc32)C1. The molecule has 1 N–H and O–H groups in total. The number of nitrogens with zero attached hydrogens (tertiary/aromatic N) is 7. The third-order valence-electron chi connectivity index (χ3n) is 8.11. The molecule has 3 aromatic rings. The smallest absolute Gasteiger partial charge is 0.330 e. The highest BCUT2D eigenvalue weighted by atomic mass is 35.5. The van der Waals surface area contributed by atoms with Crippen molar-refractivity contribution in [2.24, 2.45) is 0 Å². The molecule has 1 aromatic heterocycles. The second-order valence-electron chi connectivity index (χ2n) is 10.9. The van der Waals surface area contributed by atoms with Crippen LogP contribution in [0.25, 0.3) is 0 Å². The predicted molar refractivity (Wildman–Crippen MR) is 167 cm³/mol. The van der Waals surface area contributed by atoms with Crippen LogP contribution in [0.5, 0.6) is 0 Å². The molecule has 0 spiro atoms. The fourth-order valence-corrected chi connectivity index (χ4v) is 6.19. The van der Waals surface area contributed by atoms with E-state index in [-0.39, 0.29) is 29.5 Å². The van der Waals surface area contributed by atoms with Crippen LogP contribution in [-0.4, -0.2) is 84.1 Å². The molecule has 43 heavy (non-hydrogen) atoms. The van der Waals surface area contributed by atoms with E-state index in [9.17, 15) is 14.0 Å². The first-order chi connectivity index (χ1) is 20.7. The largest absolute Gasteiger partial charge is 0.368 e. The van der Waals surface area contributed by atoms with Crippen LogP contribution in [0.3, 0.4) is 0 Å². The van der Waals surface area contributed by atoms with E-state index in [1.807, 2.05) is 18.2 Å². The number of rotatable bonds is 6. The van der Waals surface area contributed by atoms with Crippen LogP contribution in [0.2, 0.25) is 10.0 Å². The van der Waals surface area contributed by atoms with Crippen LogP contribution in [0.4, 0.5) is 38.0 Å². The third kappa shape index (κ3) is 5.84. The van der Waals surface area contributed by atoms with E-state index >= 15 is 0 Å². The summed E-state index contributed by atoms with van der Waals surface area (Å²) < 4.78 is 13.9. The maximum absolute atomic E-state index is 14.0. The normalized spacial score (nSPS) is 19.1. The van der Waals surface area contributed by atoms with Crippen molar-refractivity contribution in [2.75, 3.05) is 66.3 Å². The molecular formula is C30H31Cl2FN8O2. The molecule has 4 heterocycles. The standard InChI is InChI=1S/C30H31Cl2FN8O2/c1-3-27(42)39-9-8-22(18-39)41-28-19(17-40(30(41)43)21-5-6-25(33)23(31)15-21)16-34-29(36-28)35-20-4-7-26(24(32)14-20)38-12-10-37(2)11-13-38/h3-7,14-16,22H,1,8-13,17-18H2,2H3,(H,34,35,36)/t22-/m0/s1. The van der Waals surface area contributed by atoms with Crippen molar-refractivity contribution in [2.45, 2.75) is 19.0 Å². The maximum atomic E-state index is 14.0. The number of aromatic nitrogens is 2. The Morgan fingerprint density at radius 1 is 1.09 bits per heavy atom. The fraction of sp³-hybridized carbons (Fsp3) is 0.333. The Hall–Kier alpha value is -3.93. The summed E-state index contributed by atoms with van der Waals surface area (Å²) in [7, 11) is 2.11. The lowest BCUT2D eigenvalue weighted by Gasteiger charge is -2.39. The van der Waals surface area contributed by atoms with Crippen molar-refractivity contribution in [1.82, 2.24) is 19.8 Å². The molecule has 0 unspecified atom stereocenters. The number of benzene rings is 2. The van der Waals surface area contributed by atoms with Crippen molar-refractivity contribution in [3.8, 4) is 0 Å². The molecule has 3 aliphatic rings. The van der Waals surface area contributed by atoms with Gasteiger partial charge in [0.05, 0.1) is 28.3 Å². The molecule has 2 fully saturated rings. The lowest BCUT2D eigenvalue weighted by molar-refractivity contribution is -0.125. The van der Waals surface area contributed by atoms with Gasteiger partial charge in [0.2, 0.25) is 11.9 Å². The molecule has 0 aliphatic carbocycles. The lowest BCUT2D eigenvalue weighted by Crippen LogP contribution is -2.53. The number of carbonyl (C=O) groups excluding carboxylic acids is 2. The summed E-state index contributed by atoms with van der Waals surface area (Å²) in [5.74, 6) is -0.0196. The molecule has 1 atom stereocenters. The molecule has 13 heteroatoms. The molecule has 3 aliphatic heterocycles. The zero-order valence-electron chi connectivity index (χ0n) is 23.6. The van der Waals surface area contributed by atoms with E-state index in [1.54, 1.807) is 16.0 Å². The Morgan fingerprint density at radius 2 is 1.88 bits per heavy atom. The monoisotopic (exact) mass is 624 g/mol. The third-order valence-corrected chi connectivity index (χ3v) is 8.71. The molecule has 0 radical (unpaired) electrons. The lowest BCUT2D eigenvalue weighted by atomic mass is 10.1. The van der Waals surface area contributed by atoms with Crippen molar-refractivity contribution in [1.29, 1.82) is 0 Å². The van der Waals surface area contributed by atoms with Crippen LogP contribution in [0.1, 0.15) is 12.0 Å². The average molecular weight is 626 g/mol. The van der Waals surface area contributed by atoms with E-state index in [4.69, 9.17) is 28.2 Å². The summed E-state index contributed by atoms with van der Waals surface area (Å²) in [4.78, 5) is 45.0. The van der Waals surface area contributed by atoms with Gasteiger partial charge in [-0.2, -0.15) is 4.98 Å². The summed E-state index contributed by atoms with van der Waals surface area (Å²) in [6, 6.07) is 9.24. The highest BCUT2D eigenvalue weighted by molar-refractivity contribution is 6.33. The Labute approximate surface area is 259 Å². The maximum Gasteiger partial charge on any atom is 0.330 e. The molecule has 10 nitrogen and oxygen atoms in total. The predicted octanol–water partition coefficient (Wildman–Crippen LogP) is 5.15. The Bertz CT molecular complexity index is 1580. The fourth-order valence-electron chi connectivity index (χ4n) is 5.72. The molecular weight excluding hydrogens is 594 g/mol. The van der Waals surface area contributed by atoms with Crippen LogP contribution in [0.15, 0.2) is 55.3 Å². The van der Waals surface area contributed by atoms with Gasteiger partial charge < -0.3 is 20.0 Å². The van der Waals surface area contributed by atoms with E-state index in [2.05, 4.69) is 33.7 Å². The van der Waals surface area contributed by atoms with Crippen LogP contribution < -0.4 is 20.0 Å². The van der Waals surface area contributed by atoms with Crippen molar-refractivity contribution in [3.63, 3.8) is 0 Å². The molecule has 3 amide bonds. The first-order valence-electron chi connectivity index (χ1n) is 14.0. The van der Waals surface area contributed by atoms with Gasteiger partial charge in [-0.15, -0.1) is 0 Å². The number of likely N-dealkylation sites (tertiary alicyclic amines) is 1. The summed E-state index contributed by atoms with van der Waals surface area (Å²) in [5, 5.41) is 3.77. The Morgan fingerprint density at radius 3 is 2.60 bits per heavy atom. The van der Waals surface area contributed by atoms with Gasteiger partial charge in [-0.05, 0) is 55.9 Å². The van der Waals surface area contributed by atoms with Gasteiger partial charge in [-0.3, -0.25) is 14.6 Å². The van der Waals surface area contributed by atoms with Gasteiger partial charge in [0.15, 0.2) is 0 Å². The zero-order valence-corrected chi connectivity index (χ0v) is 25.2. The minimum Gasteiger partial charge on any atom is -0.368 e. The zero-order chi connectivity index (χ0) is 30.2. The highest BCUT2D eigenvalue weighted by Gasteiger charge is 2.41. The van der Waals surface area contributed by atoms with Crippen molar-refractivity contribution < 1.29 is 14.0 Å². The second kappa shape index (κ2) is 12.0. The molecule has 0 saturated carbocycles. The molecule has 6 rings (SSSR count). The summed E-state index contributed by atoms with van der Waals surface area (Å²) >= 11 is 12.7. The Kier molecular flexibility index (Phi) is 8.13. The van der Waals surface area contributed by atoms with Gasteiger partial charge in [0.1, 0.15) is 11.6 Å². The van der Waals surface area contributed by atoms with Gasteiger partial charge in [-0.25, -0.2) is 14.2 Å². The summed E-state index contributed by atoms with van der Waals surface area (Å²) in [6.07, 6.45) is 3.49. The number of piperazine rings is 1. The number of hydrogen-bond acceptors (Lipinski definition) is 7. The van der Waals surface area contributed by atoms with Crippen molar-refractivity contribution in [3.05, 3.63) is 76.7 Å². The number of hydrogen-bond donors (Lipinski definition) is 1. The minimum absolute atomic E-state index is 0.0839. The van der Waals surface area contributed by atoms with Crippen molar-refractivity contribution >= 4 is 64.0 Å². The number of amides is 3. The van der Waals surface area contributed by atoms with Gasteiger partial charge in [-0.1, -0.05) is 29.8 Å². The van der Waals surface area contributed by atoms with Gasteiger partial charge in [0.25, 0.3) is 0 Å². The van der Waals surface area contributed by atoms with Crippen LogP contribution >= 0.6 is 23.2 Å². The molecule has 2 saturated heterocycles. The van der Waals surface area contributed by atoms with Crippen LogP contribution in [0, 0.1) is 5.82 Å². The van der Waals surface area contributed by atoms with Gasteiger partial charge >= 0.3 is 6.03 Å². The number of likely N-dealkylation sites (N-methyl/N-ethyl adjacent to an activating group) is 1. The number of carbonyl (C=O) groups is 2. The van der Waals surface area contributed by atoms with E-state index in [1.165, 1.54) is 29.2 Å². The molecule has 224 valence electrons. The number of nitrogens with one attached hydrogen (secondary N) is 1. The van der Waals surface area contributed by atoms with E-state index in [0.29, 0.717) is 53.2 Å². The first-order valence-corrected chi connectivity index (χ1v) is 14.8. The number of anilines is 5. The summed E-state index contributed by atoms with van der Waals surface area (Å²) in [6.45, 7) is 8.30. The highest BCUT2D eigenvalue weighted by Crippen LogP contribution is 2.36. The number of urea groups is 1. The molecule has 0 bridgehead atoms. The first kappa shape index (κ1) is 29.2. The Balaban J connectivity index is 1.30. The topological polar surface area (TPSA) is 88.1 Å². The van der Waals surface area contributed by atoms with E-state index in [0.717, 1.165) is 31.9 Å².